The number of piperidine rings is 1. The molecular weight excluding hydrogens is 362 g/mol. The van der Waals surface area contributed by atoms with Gasteiger partial charge in [0.15, 0.2) is 0 Å². The van der Waals surface area contributed by atoms with E-state index < -0.39 is 16.8 Å². The molecule has 1 fully saturated rings. The lowest BCUT2D eigenvalue weighted by Crippen LogP contribution is -2.31. The average Bonchev–Trinajstić information content (AvgIpc) is 2.73. The second-order valence-electron chi connectivity index (χ2n) is 6.53. The van der Waals surface area contributed by atoms with Gasteiger partial charge in [0.2, 0.25) is 0 Å². The highest BCUT2D eigenvalue weighted by molar-refractivity contribution is 6.09. The van der Waals surface area contributed by atoms with Crippen molar-refractivity contribution in [3.8, 4) is 0 Å². The van der Waals surface area contributed by atoms with Crippen molar-refractivity contribution in [1.29, 1.82) is 0 Å². The number of carbonyl (C=O) groups is 2. The third-order valence-electron chi connectivity index (χ3n) is 4.67. The molecule has 0 saturated carbocycles. The first kappa shape index (κ1) is 19.3. The van der Waals surface area contributed by atoms with Crippen molar-refractivity contribution < 1.29 is 19.2 Å². The van der Waals surface area contributed by atoms with Crippen molar-refractivity contribution in [2.75, 3.05) is 30.4 Å². The Balaban J connectivity index is 1.92. The van der Waals surface area contributed by atoms with E-state index in [2.05, 4.69) is 15.0 Å². The third-order valence-corrected chi connectivity index (χ3v) is 4.67. The number of benzene rings is 2. The quantitative estimate of drug-likeness (QED) is 0.481. The van der Waals surface area contributed by atoms with Gasteiger partial charge in [0.1, 0.15) is 0 Å². The molecule has 28 heavy (non-hydrogen) atoms. The molecule has 1 aliphatic rings. The van der Waals surface area contributed by atoms with E-state index in [-0.39, 0.29) is 11.3 Å². The Hall–Kier alpha value is -3.42. The number of non-ortho nitro benzene ring substituents is 1. The van der Waals surface area contributed by atoms with Crippen molar-refractivity contribution in [3.63, 3.8) is 0 Å². The predicted octanol–water partition coefficient (Wildman–Crippen LogP) is 3.62. The molecule has 0 spiro atoms. The number of nitro benzene ring substituents is 1. The van der Waals surface area contributed by atoms with Crippen molar-refractivity contribution in [2.45, 2.75) is 19.3 Å². The van der Waals surface area contributed by atoms with Crippen LogP contribution in [0.4, 0.5) is 17.1 Å². The van der Waals surface area contributed by atoms with Gasteiger partial charge in [0.05, 0.1) is 28.8 Å². The number of carbonyl (C=O) groups excluding carboxylic acids is 2. The first-order valence-corrected chi connectivity index (χ1v) is 9.02. The lowest BCUT2D eigenvalue weighted by molar-refractivity contribution is -0.384. The van der Waals surface area contributed by atoms with Gasteiger partial charge in [-0.1, -0.05) is 6.07 Å². The molecule has 1 heterocycles. The lowest BCUT2D eigenvalue weighted by atomic mass is 10.1. The van der Waals surface area contributed by atoms with Gasteiger partial charge in [0, 0.05) is 30.9 Å². The van der Waals surface area contributed by atoms with E-state index in [0.29, 0.717) is 16.9 Å². The van der Waals surface area contributed by atoms with E-state index in [9.17, 15) is 19.7 Å². The Morgan fingerprint density at radius 2 is 1.86 bits per heavy atom. The highest BCUT2D eigenvalue weighted by Gasteiger charge is 2.22. The normalized spacial score (nSPS) is 13.7. The van der Waals surface area contributed by atoms with Crippen LogP contribution in [0.5, 0.6) is 0 Å². The Labute approximate surface area is 162 Å². The molecule has 0 unspecified atom stereocenters. The molecule has 1 N–H and O–H groups in total. The number of methoxy groups -OCH3 is 1. The standard InChI is InChI=1S/C20H21N3O5/c1-28-20(25)14-6-5-7-15(12-14)21-19(24)17-13-16(23(26)27)8-9-18(17)22-10-3-2-4-11-22/h5-9,12-13H,2-4,10-11H2,1H3,(H,21,24). The molecule has 0 bridgehead atoms. The SMILES string of the molecule is COC(=O)c1cccc(NC(=O)c2cc([N+](=O)[O-])ccc2N2CCCCC2)c1. The van der Waals surface area contributed by atoms with Crippen LogP contribution in [0, 0.1) is 10.1 Å². The number of hydrogen-bond acceptors (Lipinski definition) is 6. The first-order chi connectivity index (χ1) is 13.5. The molecule has 0 aliphatic carbocycles. The topological polar surface area (TPSA) is 102 Å². The van der Waals surface area contributed by atoms with Crippen LogP contribution in [0.15, 0.2) is 42.5 Å². The maximum atomic E-state index is 12.9. The zero-order chi connectivity index (χ0) is 20.1. The fourth-order valence-corrected chi connectivity index (χ4v) is 3.27. The number of esters is 1. The van der Waals surface area contributed by atoms with Crippen LogP contribution >= 0.6 is 0 Å². The van der Waals surface area contributed by atoms with E-state index in [1.165, 1.54) is 25.3 Å². The second-order valence-corrected chi connectivity index (χ2v) is 6.53. The summed E-state index contributed by atoms with van der Waals surface area (Å²) in [7, 11) is 1.28. The Kier molecular flexibility index (Phi) is 5.88. The number of rotatable bonds is 5. The van der Waals surface area contributed by atoms with Crippen LogP contribution in [0.1, 0.15) is 40.0 Å². The summed E-state index contributed by atoms with van der Waals surface area (Å²) < 4.78 is 4.69. The number of nitrogens with one attached hydrogen (secondary N) is 1. The predicted molar refractivity (Wildman–Crippen MR) is 105 cm³/mol. The summed E-state index contributed by atoms with van der Waals surface area (Å²) in [5.74, 6) is -0.980. The van der Waals surface area contributed by atoms with Gasteiger partial charge in [0.25, 0.3) is 11.6 Å². The molecule has 0 radical (unpaired) electrons. The molecule has 8 nitrogen and oxygen atoms in total. The summed E-state index contributed by atoms with van der Waals surface area (Å²) in [4.78, 5) is 37.4. The largest absolute Gasteiger partial charge is 0.465 e. The van der Waals surface area contributed by atoms with Crippen LogP contribution in [0.25, 0.3) is 0 Å². The number of anilines is 2. The Morgan fingerprint density at radius 1 is 1.11 bits per heavy atom. The van der Waals surface area contributed by atoms with E-state index in [1.807, 2.05) is 0 Å². The fourth-order valence-electron chi connectivity index (χ4n) is 3.27. The Morgan fingerprint density at radius 3 is 2.54 bits per heavy atom. The second kappa shape index (κ2) is 8.51. The molecule has 0 aromatic heterocycles. The molecule has 3 rings (SSSR count). The summed E-state index contributed by atoms with van der Waals surface area (Å²) in [6, 6.07) is 10.7. The van der Waals surface area contributed by atoms with E-state index >= 15 is 0 Å². The monoisotopic (exact) mass is 383 g/mol. The van der Waals surface area contributed by atoms with Crippen molar-refractivity contribution in [3.05, 3.63) is 63.7 Å². The number of hydrogen-bond donors (Lipinski definition) is 1. The van der Waals surface area contributed by atoms with Crippen LogP contribution in [-0.2, 0) is 4.74 Å². The third kappa shape index (κ3) is 4.28. The molecule has 8 heteroatoms. The lowest BCUT2D eigenvalue weighted by Gasteiger charge is -2.30. The average molecular weight is 383 g/mol. The molecular formula is C20H21N3O5. The molecule has 1 aliphatic heterocycles. The van der Waals surface area contributed by atoms with Crippen LogP contribution in [0.2, 0.25) is 0 Å². The number of nitro groups is 1. The molecule has 2 aromatic carbocycles. The van der Waals surface area contributed by atoms with Crippen LogP contribution < -0.4 is 10.2 Å². The summed E-state index contributed by atoms with van der Waals surface area (Å²) in [6.45, 7) is 1.60. The summed E-state index contributed by atoms with van der Waals surface area (Å²) in [5, 5.41) is 13.9. The molecule has 1 amide bonds. The van der Waals surface area contributed by atoms with E-state index in [4.69, 9.17) is 0 Å². The van der Waals surface area contributed by atoms with Gasteiger partial charge in [-0.25, -0.2) is 4.79 Å². The van der Waals surface area contributed by atoms with Crippen molar-refractivity contribution in [1.82, 2.24) is 0 Å². The minimum absolute atomic E-state index is 0.144. The van der Waals surface area contributed by atoms with Crippen LogP contribution in [0.3, 0.4) is 0 Å². The minimum Gasteiger partial charge on any atom is -0.465 e. The maximum Gasteiger partial charge on any atom is 0.337 e. The highest BCUT2D eigenvalue weighted by atomic mass is 16.6. The van der Waals surface area contributed by atoms with Gasteiger partial charge >= 0.3 is 5.97 Å². The van der Waals surface area contributed by atoms with Crippen molar-refractivity contribution in [2.24, 2.45) is 0 Å². The smallest absolute Gasteiger partial charge is 0.337 e. The highest BCUT2D eigenvalue weighted by Crippen LogP contribution is 2.29. The Bertz CT molecular complexity index is 906. The number of ether oxygens (including phenoxy) is 1. The van der Waals surface area contributed by atoms with Gasteiger partial charge in [-0.2, -0.15) is 0 Å². The minimum atomic E-state index is -0.519. The molecule has 1 saturated heterocycles. The number of nitrogens with zero attached hydrogens (tertiary/aromatic N) is 2. The zero-order valence-electron chi connectivity index (χ0n) is 15.5. The molecule has 146 valence electrons. The van der Waals surface area contributed by atoms with Crippen molar-refractivity contribution >= 4 is 28.9 Å². The van der Waals surface area contributed by atoms with Gasteiger partial charge in [-0.3, -0.25) is 14.9 Å². The fraction of sp³-hybridized carbons (Fsp3) is 0.300. The van der Waals surface area contributed by atoms with Gasteiger partial charge < -0.3 is 15.0 Å². The van der Waals surface area contributed by atoms with E-state index in [1.54, 1.807) is 24.3 Å². The summed E-state index contributed by atoms with van der Waals surface area (Å²) in [6.07, 6.45) is 3.16. The molecule has 2 aromatic rings. The van der Waals surface area contributed by atoms with Crippen LogP contribution in [-0.4, -0.2) is 37.0 Å². The summed E-state index contributed by atoms with van der Waals surface area (Å²) in [5.41, 5.74) is 1.47. The van der Waals surface area contributed by atoms with E-state index in [0.717, 1.165) is 32.4 Å². The maximum absolute atomic E-state index is 12.9. The first-order valence-electron chi connectivity index (χ1n) is 9.02. The summed E-state index contributed by atoms with van der Waals surface area (Å²) >= 11 is 0. The zero-order valence-corrected chi connectivity index (χ0v) is 15.5. The molecule has 0 atom stereocenters. The van der Waals surface area contributed by atoms with Gasteiger partial charge in [-0.15, -0.1) is 0 Å². The number of amides is 1. The van der Waals surface area contributed by atoms with Gasteiger partial charge in [-0.05, 0) is 43.5 Å².